The summed E-state index contributed by atoms with van der Waals surface area (Å²) < 4.78 is 0. The smallest absolute Gasteiger partial charge is 0.337 e. The molecule has 0 bridgehead atoms. The van der Waals surface area contributed by atoms with Gasteiger partial charge in [0.05, 0.1) is 11.3 Å². The quantitative estimate of drug-likeness (QED) is 0.888. The Balaban J connectivity index is 2.25. The van der Waals surface area contributed by atoms with E-state index in [1.54, 1.807) is 12.1 Å². The summed E-state index contributed by atoms with van der Waals surface area (Å²) in [5.74, 6) is -0.939. The van der Waals surface area contributed by atoms with E-state index in [-0.39, 0.29) is 5.56 Å². The van der Waals surface area contributed by atoms with E-state index >= 15 is 0 Å². The maximum absolute atomic E-state index is 11.2. The monoisotopic (exact) mass is 275 g/mol. The van der Waals surface area contributed by atoms with Crippen molar-refractivity contribution in [3.8, 4) is 0 Å². The van der Waals surface area contributed by atoms with Crippen LogP contribution in [0.15, 0.2) is 42.5 Å². The van der Waals surface area contributed by atoms with Gasteiger partial charge in [0.25, 0.3) is 0 Å². The van der Waals surface area contributed by atoms with Crippen LogP contribution in [0, 0.1) is 6.92 Å². The number of halogens is 1. The Morgan fingerprint density at radius 3 is 2.63 bits per heavy atom. The maximum Gasteiger partial charge on any atom is 0.337 e. The molecule has 0 saturated heterocycles. The average Bonchev–Trinajstić information content (AvgIpc) is 2.38. The number of carboxylic acid groups (broad SMARTS) is 1. The van der Waals surface area contributed by atoms with Gasteiger partial charge in [-0.1, -0.05) is 41.9 Å². The molecule has 0 spiro atoms. The number of anilines is 1. The second kappa shape index (κ2) is 5.76. The number of benzene rings is 2. The van der Waals surface area contributed by atoms with Crippen LogP contribution in [0.1, 0.15) is 21.5 Å². The molecule has 2 N–H and O–H groups in total. The van der Waals surface area contributed by atoms with Crippen LogP contribution < -0.4 is 5.32 Å². The molecule has 2 rings (SSSR count). The summed E-state index contributed by atoms with van der Waals surface area (Å²) in [5.41, 5.74) is 2.73. The van der Waals surface area contributed by atoms with Crippen LogP contribution in [0.5, 0.6) is 0 Å². The summed E-state index contributed by atoms with van der Waals surface area (Å²) in [6.07, 6.45) is 0. The van der Waals surface area contributed by atoms with Gasteiger partial charge in [-0.25, -0.2) is 4.79 Å². The summed E-state index contributed by atoms with van der Waals surface area (Å²) >= 11 is 6.08. The molecule has 98 valence electrons. The van der Waals surface area contributed by atoms with Gasteiger partial charge in [-0.15, -0.1) is 0 Å². The molecule has 2 aromatic carbocycles. The van der Waals surface area contributed by atoms with Gasteiger partial charge in [-0.3, -0.25) is 0 Å². The second-order valence-corrected chi connectivity index (χ2v) is 4.65. The lowest BCUT2D eigenvalue weighted by molar-refractivity contribution is 0.0698. The molecule has 0 aromatic heterocycles. The molecule has 4 heteroatoms. The van der Waals surface area contributed by atoms with Crippen molar-refractivity contribution in [1.29, 1.82) is 0 Å². The minimum atomic E-state index is -0.939. The van der Waals surface area contributed by atoms with Crippen molar-refractivity contribution in [2.75, 3.05) is 5.32 Å². The summed E-state index contributed by atoms with van der Waals surface area (Å²) in [6.45, 7) is 2.37. The van der Waals surface area contributed by atoms with Crippen molar-refractivity contribution >= 4 is 23.3 Å². The Labute approximate surface area is 116 Å². The number of aromatic carboxylic acids is 1. The molecule has 0 heterocycles. The predicted octanol–water partition coefficient (Wildman–Crippen LogP) is 3.96. The molecule has 19 heavy (non-hydrogen) atoms. The fraction of sp³-hybridized carbons (Fsp3) is 0.133. The normalized spacial score (nSPS) is 10.2. The predicted molar refractivity (Wildman–Crippen MR) is 76.9 cm³/mol. The topological polar surface area (TPSA) is 49.3 Å². The molecule has 0 saturated carbocycles. The molecular weight excluding hydrogens is 262 g/mol. The number of carbonyl (C=O) groups is 1. The summed E-state index contributed by atoms with van der Waals surface area (Å²) in [7, 11) is 0. The van der Waals surface area contributed by atoms with Crippen molar-refractivity contribution in [1.82, 2.24) is 0 Å². The SMILES string of the molecule is Cc1cccc(C(=O)O)c1NCc1ccccc1Cl. The molecule has 0 radical (unpaired) electrons. The molecule has 0 aliphatic rings. The molecule has 0 amide bonds. The fourth-order valence-corrected chi connectivity index (χ4v) is 2.11. The van der Waals surface area contributed by atoms with E-state index < -0.39 is 5.97 Å². The molecule has 0 aliphatic carbocycles. The number of para-hydroxylation sites is 1. The van der Waals surface area contributed by atoms with Crippen LogP contribution in [-0.4, -0.2) is 11.1 Å². The van der Waals surface area contributed by atoms with E-state index in [0.29, 0.717) is 17.3 Å². The first-order valence-electron chi connectivity index (χ1n) is 5.90. The Bertz CT molecular complexity index is 611. The molecule has 2 aromatic rings. The lowest BCUT2D eigenvalue weighted by Crippen LogP contribution is -2.08. The largest absolute Gasteiger partial charge is 0.478 e. The highest BCUT2D eigenvalue weighted by atomic mass is 35.5. The van der Waals surface area contributed by atoms with Crippen LogP contribution in [0.25, 0.3) is 0 Å². The van der Waals surface area contributed by atoms with E-state index in [4.69, 9.17) is 11.6 Å². The molecule has 0 aliphatic heterocycles. The third-order valence-corrected chi connectivity index (χ3v) is 3.29. The Hall–Kier alpha value is -2.00. The lowest BCUT2D eigenvalue weighted by Gasteiger charge is -2.13. The van der Waals surface area contributed by atoms with Gasteiger partial charge in [0.1, 0.15) is 0 Å². The third kappa shape index (κ3) is 3.06. The van der Waals surface area contributed by atoms with Crippen molar-refractivity contribution in [2.45, 2.75) is 13.5 Å². The highest BCUT2D eigenvalue weighted by molar-refractivity contribution is 6.31. The Morgan fingerprint density at radius 2 is 1.95 bits per heavy atom. The van der Waals surface area contributed by atoms with E-state index in [1.165, 1.54) is 0 Å². The van der Waals surface area contributed by atoms with Crippen LogP contribution in [0.3, 0.4) is 0 Å². The van der Waals surface area contributed by atoms with Gasteiger partial charge in [0, 0.05) is 11.6 Å². The number of hydrogen-bond donors (Lipinski definition) is 2. The Kier molecular flexibility index (Phi) is 4.07. The number of rotatable bonds is 4. The number of nitrogens with one attached hydrogen (secondary N) is 1. The number of hydrogen-bond acceptors (Lipinski definition) is 2. The lowest BCUT2D eigenvalue weighted by atomic mass is 10.1. The standard InChI is InChI=1S/C15H14ClNO2/c1-10-5-4-7-12(15(18)19)14(10)17-9-11-6-2-3-8-13(11)16/h2-8,17H,9H2,1H3,(H,18,19). The van der Waals surface area contributed by atoms with Crippen molar-refractivity contribution < 1.29 is 9.90 Å². The van der Waals surface area contributed by atoms with E-state index in [0.717, 1.165) is 11.1 Å². The van der Waals surface area contributed by atoms with E-state index in [1.807, 2.05) is 37.3 Å². The first kappa shape index (κ1) is 13.4. The van der Waals surface area contributed by atoms with Gasteiger partial charge >= 0.3 is 5.97 Å². The van der Waals surface area contributed by atoms with Gasteiger partial charge in [-0.2, -0.15) is 0 Å². The zero-order valence-corrected chi connectivity index (χ0v) is 11.2. The van der Waals surface area contributed by atoms with E-state index in [2.05, 4.69) is 5.32 Å². The van der Waals surface area contributed by atoms with Gasteiger partial charge in [-0.05, 0) is 30.2 Å². The minimum absolute atomic E-state index is 0.270. The number of aryl methyl sites for hydroxylation is 1. The van der Waals surface area contributed by atoms with Gasteiger partial charge in [0.15, 0.2) is 0 Å². The van der Waals surface area contributed by atoms with Crippen molar-refractivity contribution in [3.63, 3.8) is 0 Å². The second-order valence-electron chi connectivity index (χ2n) is 4.25. The number of carboxylic acids is 1. The van der Waals surface area contributed by atoms with Gasteiger partial charge < -0.3 is 10.4 Å². The van der Waals surface area contributed by atoms with Crippen LogP contribution in [0.4, 0.5) is 5.69 Å². The molecule has 0 atom stereocenters. The molecular formula is C15H14ClNO2. The maximum atomic E-state index is 11.2. The summed E-state index contributed by atoms with van der Waals surface area (Å²) in [6, 6.07) is 12.7. The van der Waals surface area contributed by atoms with Crippen molar-refractivity contribution in [2.24, 2.45) is 0 Å². The van der Waals surface area contributed by atoms with Crippen molar-refractivity contribution in [3.05, 3.63) is 64.2 Å². The molecule has 0 unspecified atom stereocenters. The van der Waals surface area contributed by atoms with Crippen LogP contribution >= 0.6 is 11.6 Å². The highest BCUT2D eigenvalue weighted by Gasteiger charge is 2.11. The minimum Gasteiger partial charge on any atom is -0.478 e. The zero-order valence-electron chi connectivity index (χ0n) is 10.5. The summed E-state index contributed by atoms with van der Waals surface area (Å²) in [4.78, 5) is 11.2. The average molecular weight is 276 g/mol. The molecule has 0 fully saturated rings. The van der Waals surface area contributed by atoms with Gasteiger partial charge in [0.2, 0.25) is 0 Å². The highest BCUT2D eigenvalue weighted by Crippen LogP contribution is 2.23. The van der Waals surface area contributed by atoms with Crippen LogP contribution in [0.2, 0.25) is 5.02 Å². The fourth-order valence-electron chi connectivity index (χ4n) is 1.91. The summed E-state index contributed by atoms with van der Waals surface area (Å²) in [5, 5.41) is 13.0. The third-order valence-electron chi connectivity index (χ3n) is 2.92. The first-order valence-corrected chi connectivity index (χ1v) is 6.27. The van der Waals surface area contributed by atoms with E-state index in [9.17, 15) is 9.90 Å². The Morgan fingerprint density at radius 1 is 1.21 bits per heavy atom. The van der Waals surface area contributed by atoms with Crippen LogP contribution in [-0.2, 0) is 6.54 Å². The molecule has 3 nitrogen and oxygen atoms in total. The first-order chi connectivity index (χ1) is 9.09. The zero-order chi connectivity index (χ0) is 13.8.